The SMILES string of the molecule is COc1cccc(NC(=O)CN(C)C(=O)COc2cccc(C(C)=O)c2)c1. The van der Waals surface area contributed by atoms with E-state index in [0.29, 0.717) is 22.7 Å². The van der Waals surface area contributed by atoms with Crippen molar-refractivity contribution in [3.8, 4) is 11.5 Å². The van der Waals surface area contributed by atoms with Gasteiger partial charge in [-0.05, 0) is 31.2 Å². The summed E-state index contributed by atoms with van der Waals surface area (Å²) in [6, 6.07) is 13.5. The summed E-state index contributed by atoms with van der Waals surface area (Å²) in [7, 11) is 3.06. The highest BCUT2D eigenvalue weighted by Gasteiger charge is 2.14. The number of ether oxygens (including phenoxy) is 2. The van der Waals surface area contributed by atoms with Gasteiger partial charge in [-0.2, -0.15) is 0 Å². The van der Waals surface area contributed by atoms with Crippen LogP contribution in [0.4, 0.5) is 5.69 Å². The first-order valence-electron chi connectivity index (χ1n) is 8.30. The number of Topliss-reactive ketones (excluding diaryl/α,β-unsaturated/α-hetero) is 1. The molecule has 7 heteroatoms. The van der Waals surface area contributed by atoms with Crippen LogP contribution in [0.15, 0.2) is 48.5 Å². The third-order valence-corrected chi connectivity index (χ3v) is 3.76. The summed E-state index contributed by atoms with van der Waals surface area (Å²) in [5, 5.41) is 2.71. The van der Waals surface area contributed by atoms with Gasteiger partial charge in [-0.25, -0.2) is 0 Å². The average molecular weight is 370 g/mol. The van der Waals surface area contributed by atoms with Gasteiger partial charge in [0.2, 0.25) is 5.91 Å². The largest absolute Gasteiger partial charge is 0.497 e. The van der Waals surface area contributed by atoms with Crippen molar-refractivity contribution in [3.05, 3.63) is 54.1 Å². The van der Waals surface area contributed by atoms with Gasteiger partial charge in [0, 0.05) is 24.4 Å². The number of nitrogens with zero attached hydrogens (tertiary/aromatic N) is 1. The van der Waals surface area contributed by atoms with Gasteiger partial charge in [0.05, 0.1) is 13.7 Å². The Labute approximate surface area is 157 Å². The monoisotopic (exact) mass is 370 g/mol. The van der Waals surface area contributed by atoms with Crippen molar-refractivity contribution in [2.45, 2.75) is 6.92 Å². The molecular weight excluding hydrogens is 348 g/mol. The lowest BCUT2D eigenvalue weighted by Gasteiger charge is -2.17. The van der Waals surface area contributed by atoms with Gasteiger partial charge in [0.15, 0.2) is 12.4 Å². The lowest BCUT2D eigenvalue weighted by molar-refractivity contribution is -0.135. The molecule has 2 amide bonds. The van der Waals surface area contributed by atoms with E-state index in [2.05, 4.69) is 5.32 Å². The molecule has 2 aromatic rings. The van der Waals surface area contributed by atoms with Crippen LogP contribution in [0.3, 0.4) is 0 Å². The van der Waals surface area contributed by atoms with Crippen molar-refractivity contribution in [2.24, 2.45) is 0 Å². The Morgan fingerprint density at radius 2 is 1.74 bits per heavy atom. The molecule has 0 radical (unpaired) electrons. The fraction of sp³-hybridized carbons (Fsp3) is 0.250. The summed E-state index contributed by atoms with van der Waals surface area (Å²) in [6.07, 6.45) is 0. The summed E-state index contributed by atoms with van der Waals surface area (Å²) in [6.45, 7) is 1.11. The standard InChI is InChI=1S/C20H22N2O5/c1-14(23)15-6-4-9-18(10-15)27-13-20(25)22(2)12-19(24)21-16-7-5-8-17(11-16)26-3/h4-11H,12-13H2,1-3H3,(H,21,24). The molecule has 0 aliphatic heterocycles. The maximum Gasteiger partial charge on any atom is 0.260 e. The van der Waals surface area contributed by atoms with Crippen LogP contribution in [0.5, 0.6) is 11.5 Å². The van der Waals surface area contributed by atoms with E-state index in [1.165, 1.54) is 18.9 Å². The Morgan fingerprint density at radius 3 is 2.44 bits per heavy atom. The van der Waals surface area contributed by atoms with E-state index in [4.69, 9.17) is 9.47 Å². The molecule has 0 heterocycles. The number of anilines is 1. The molecule has 27 heavy (non-hydrogen) atoms. The van der Waals surface area contributed by atoms with Crippen LogP contribution in [0.1, 0.15) is 17.3 Å². The topological polar surface area (TPSA) is 84.9 Å². The number of carbonyl (C=O) groups is 3. The molecule has 0 aromatic heterocycles. The molecule has 0 atom stereocenters. The minimum atomic E-state index is -0.357. The zero-order valence-corrected chi connectivity index (χ0v) is 15.5. The summed E-state index contributed by atoms with van der Waals surface area (Å²) >= 11 is 0. The Morgan fingerprint density at radius 1 is 1.04 bits per heavy atom. The van der Waals surface area contributed by atoms with E-state index in [1.807, 2.05) is 0 Å². The smallest absolute Gasteiger partial charge is 0.260 e. The lowest BCUT2D eigenvalue weighted by atomic mass is 10.1. The molecule has 0 unspecified atom stereocenters. The highest BCUT2D eigenvalue weighted by Crippen LogP contribution is 2.16. The number of benzene rings is 2. The van der Waals surface area contributed by atoms with Gasteiger partial charge in [0.25, 0.3) is 5.91 Å². The molecule has 0 bridgehead atoms. The predicted molar refractivity (Wildman–Crippen MR) is 101 cm³/mol. The summed E-state index contributed by atoms with van der Waals surface area (Å²) in [5.41, 5.74) is 1.09. The van der Waals surface area contributed by atoms with Crippen LogP contribution >= 0.6 is 0 Å². The van der Waals surface area contributed by atoms with Crippen LogP contribution < -0.4 is 14.8 Å². The van der Waals surface area contributed by atoms with Crippen LogP contribution in [0, 0.1) is 0 Å². The number of hydrogen-bond acceptors (Lipinski definition) is 5. The number of carbonyl (C=O) groups excluding carboxylic acids is 3. The molecule has 0 saturated heterocycles. The van der Waals surface area contributed by atoms with Crippen LogP contribution in [0.25, 0.3) is 0 Å². The number of likely N-dealkylation sites (N-methyl/N-ethyl adjacent to an activating group) is 1. The van der Waals surface area contributed by atoms with Gasteiger partial charge in [-0.3, -0.25) is 14.4 Å². The number of amides is 2. The Bertz CT molecular complexity index is 835. The molecular formula is C20H22N2O5. The van der Waals surface area contributed by atoms with E-state index < -0.39 is 0 Å². The molecule has 142 valence electrons. The summed E-state index contributed by atoms with van der Waals surface area (Å²) in [4.78, 5) is 36.9. The Balaban J connectivity index is 1.84. The number of methoxy groups -OCH3 is 1. The fourth-order valence-corrected chi connectivity index (χ4v) is 2.27. The van der Waals surface area contributed by atoms with E-state index in [-0.39, 0.29) is 30.7 Å². The third-order valence-electron chi connectivity index (χ3n) is 3.76. The van der Waals surface area contributed by atoms with Crippen LogP contribution in [-0.4, -0.2) is 49.8 Å². The maximum absolute atomic E-state index is 12.2. The van der Waals surface area contributed by atoms with Gasteiger partial charge in [-0.1, -0.05) is 18.2 Å². The van der Waals surface area contributed by atoms with Crippen molar-refractivity contribution in [1.29, 1.82) is 0 Å². The molecule has 0 saturated carbocycles. The normalized spacial score (nSPS) is 10.0. The van der Waals surface area contributed by atoms with Gasteiger partial charge < -0.3 is 19.7 Å². The molecule has 0 aliphatic carbocycles. The van der Waals surface area contributed by atoms with E-state index in [1.54, 1.807) is 55.6 Å². The quantitative estimate of drug-likeness (QED) is 0.721. The molecule has 0 spiro atoms. The first kappa shape index (κ1) is 20.0. The van der Waals surface area contributed by atoms with Crippen molar-refractivity contribution >= 4 is 23.3 Å². The van der Waals surface area contributed by atoms with E-state index >= 15 is 0 Å². The molecule has 0 fully saturated rings. The van der Waals surface area contributed by atoms with Gasteiger partial charge >= 0.3 is 0 Å². The number of rotatable bonds is 8. The Kier molecular flexibility index (Phi) is 6.93. The second-order valence-electron chi connectivity index (χ2n) is 5.90. The fourth-order valence-electron chi connectivity index (χ4n) is 2.27. The van der Waals surface area contributed by atoms with Crippen molar-refractivity contribution in [3.63, 3.8) is 0 Å². The Hall–Kier alpha value is -3.35. The van der Waals surface area contributed by atoms with Crippen LogP contribution in [0.2, 0.25) is 0 Å². The summed E-state index contributed by atoms with van der Waals surface area (Å²) < 4.78 is 10.5. The minimum Gasteiger partial charge on any atom is -0.497 e. The van der Waals surface area contributed by atoms with E-state index in [0.717, 1.165) is 0 Å². The number of hydrogen-bond donors (Lipinski definition) is 1. The average Bonchev–Trinajstić information content (AvgIpc) is 2.66. The van der Waals surface area contributed by atoms with Crippen LogP contribution in [-0.2, 0) is 9.59 Å². The first-order valence-corrected chi connectivity index (χ1v) is 8.30. The lowest BCUT2D eigenvalue weighted by Crippen LogP contribution is -2.37. The van der Waals surface area contributed by atoms with Crippen molar-refractivity contribution in [2.75, 3.05) is 32.6 Å². The number of ketones is 1. The van der Waals surface area contributed by atoms with Gasteiger partial charge in [0.1, 0.15) is 11.5 Å². The molecule has 1 N–H and O–H groups in total. The highest BCUT2D eigenvalue weighted by molar-refractivity contribution is 5.95. The maximum atomic E-state index is 12.2. The second-order valence-corrected chi connectivity index (χ2v) is 5.90. The molecule has 7 nitrogen and oxygen atoms in total. The molecule has 2 rings (SSSR count). The predicted octanol–water partition coefficient (Wildman–Crippen LogP) is 2.37. The van der Waals surface area contributed by atoms with Gasteiger partial charge in [-0.15, -0.1) is 0 Å². The molecule has 2 aromatic carbocycles. The van der Waals surface area contributed by atoms with Crippen molar-refractivity contribution in [1.82, 2.24) is 4.90 Å². The number of nitrogens with one attached hydrogen (secondary N) is 1. The third kappa shape index (κ3) is 6.14. The highest BCUT2D eigenvalue weighted by atomic mass is 16.5. The summed E-state index contributed by atoms with van der Waals surface area (Å²) in [5.74, 6) is 0.267. The first-order chi connectivity index (χ1) is 12.9. The second kappa shape index (κ2) is 9.38. The minimum absolute atomic E-state index is 0.0851. The molecule has 0 aliphatic rings. The van der Waals surface area contributed by atoms with Crippen molar-refractivity contribution < 1.29 is 23.9 Å². The van der Waals surface area contributed by atoms with E-state index in [9.17, 15) is 14.4 Å². The zero-order chi connectivity index (χ0) is 19.8. The zero-order valence-electron chi connectivity index (χ0n) is 15.5.